The number of fused-ring (bicyclic) bond motifs is 1. The third-order valence-electron chi connectivity index (χ3n) is 5.00. The summed E-state index contributed by atoms with van der Waals surface area (Å²) < 4.78 is 6.49. The Morgan fingerprint density at radius 3 is 2.48 bits per heavy atom. The standard InChI is InChI=1S/C25H22N4O4/c1-2-33-25(32)19-16-26-29(22-14-12-17-8-6-7-11-20(17)27-22)24(19)28-23(31)15-13-21(30)18-9-4-3-5-10-18/h3-12,14,16H,2,13,15H2,1H3,(H,28,31). The quantitative estimate of drug-likeness (QED) is 0.324. The summed E-state index contributed by atoms with van der Waals surface area (Å²) in [6.07, 6.45) is 1.32. The first-order valence-corrected chi connectivity index (χ1v) is 10.6. The molecule has 0 aliphatic carbocycles. The highest BCUT2D eigenvalue weighted by molar-refractivity contribution is 6.03. The van der Waals surface area contributed by atoms with E-state index in [-0.39, 0.29) is 36.6 Å². The molecule has 1 N–H and O–H groups in total. The van der Waals surface area contributed by atoms with E-state index in [1.54, 1.807) is 37.3 Å². The highest BCUT2D eigenvalue weighted by atomic mass is 16.5. The van der Waals surface area contributed by atoms with Crippen LogP contribution in [0.4, 0.5) is 5.82 Å². The maximum Gasteiger partial charge on any atom is 0.343 e. The summed E-state index contributed by atoms with van der Waals surface area (Å²) in [5, 5.41) is 7.93. The maximum atomic E-state index is 12.7. The number of nitrogens with one attached hydrogen (secondary N) is 1. The van der Waals surface area contributed by atoms with Crippen molar-refractivity contribution >= 4 is 34.4 Å². The molecule has 0 spiro atoms. The summed E-state index contributed by atoms with van der Waals surface area (Å²) in [7, 11) is 0. The minimum Gasteiger partial charge on any atom is -0.462 e. The first-order valence-electron chi connectivity index (χ1n) is 10.6. The fourth-order valence-corrected chi connectivity index (χ4v) is 3.36. The first kappa shape index (κ1) is 21.9. The lowest BCUT2D eigenvalue weighted by Crippen LogP contribution is -2.19. The Morgan fingerprint density at radius 1 is 0.939 bits per heavy atom. The van der Waals surface area contributed by atoms with Gasteiger partial charge in [-0.1, -0.05) is 48.5 Å². The molecule has 1 amide bonds. The van der Waals surface area contributed by atoms with Gasteiger partial charge >= 0.3 is 5.97 Å². The van der Waals surface area contributed by atoms with Crippen molar-refractivity contribution < 1.29 is 19.1 Å². The number of nitrogens with zero attached hydrogens (tertiary/aromatic N) is 3. The number of Topliss-reactive ketones (excluding diaryl/α,β-unsaturated/α-hetero) is 1. The molecule has 0 aliphatic rings. The van der Waals surface area contributed by atoms with Crippen LogP contribution in [0, 0.1) is 0 Å². The minimum absolute atomic E-state index is 0.0347. The number of esters is 1. The van der Waals surface area contributed by atoms with Gasteiger partial charge in [0.1, 0.15) is 5.56 Å². The van der Waals surface area contributed by atoms with E-state index in [0.717, 1.165) is 10.9 Å². The second kappa shape index (κ2) is 9.86. The van der Waals surface area contributed by atoms with E-state index in [9.17, 15) is 14.4 Å². The monoisotopic (exact) mass is 442 g/mol. The zero-order valence-electron chi connectivity index (χ0n) is 18.0. The zero-order chi connectivity index (χ0) is 23.2. The van der Waals surface area contributed by atoms with Crippen LogP contribution in [0.25, 0.3) is 16.7 Å². The fraction of sp³-hybridized carbons (Fsp3) is 0.160. The zero-order valence-corrected chi connectivity index (χ0v) is 18.0. The van der Waals surface area contributed by atoms with Gasteiger partial charge in [-0.3, -0.25) is 9.59 Å². The summed E-state index contributed by atoms with van der Waals surface area (Å²) in [6.45, 7) is 1.87. The molecule has 0 atom stereocenters. The van der Waals surface area contributed by atoms with Gasteiger partial charge in [0.2, 0.25) is 5.91 Å². The summed E-state index contributed by atoms with van der Waals surface area (Å²) in [4.78, 5) is 42.1. The van der Waals surface area contributed by atoms with Gasteiger partial charge in [0, 0.05) is 23.8 Å². The highest BCUT2D eigenvalue weighted by Crippen LogP contribution is 2.23. The van der Waals surface area contributed by atoms with Crippen molar-refractivity contribution in [1.82, 2.24) is 14.8 Å². The van der Waals surface area contributed by atoms with Crippen LogP contribution >= 0.6 is 0 Å². The average Bonchev–Trinajstić information content (AvgIpc) is 3.26. The van der Waals surface area contributed by atoms with Gasteiger partial charge in [0.25, 0.3) is 0 Å². The molecule has 4 rings (SSSR count). The lowest BCUT2D eigenvalue weighted by Gasteiger charge is -2.11. The Bertz CT molecular complexity index is 1310. The smallest absolute Gasteiger partial charge is 0.343 e. The van der Waals surface area contributed by atoms with E-state index in [4.69, 9.17) is 4.74 Å². The second-order valence-corrected chi connectivity index (χ2v) is 7.24. The molecule has 0 saturated heterocycles. The molecule has 0 unspecified atom stereocenters. The second-order valence-electron chi connectivity index (χ2n) is 7.24. The molecule has 8 heteroatoms. The van der Waals surface area contributed by atoms with Crippen molar-refractivity contribution in [3.8, 4) is 5.82 Å². The average molecular weight is 442 g/mol. The largest absolute Gasteiger partial charge is 0.462 e. The van der Waals surface area contributed by atoms with Crippen LogP contribution < -0.4 is 5.32 Å². The van der Waals surface area contributed by atoms with Crippen molar-refractivity contribution in [2.24, 2.45) is 0 Å². The van der Waals surface area contributed by atoms with Gasteiger partial charge in [-0.2, -0.15) is 9.78 Å². The molecule has 0 saturated carbocycles. The Labute approximate surface area is 190 Å². The molecule has 2 aromatic heterocycles. The van der Waals surface area contributed by atoms with Gasteiger partial charge in [-0.15, -0.1) is 0 Å². The number of aromatic nitrogens is 3. The third-order valence-corrected chi connectivity index (χ3v) is 5.00. The molecular formula is C25H22N4O4. The number of rotatable bonds is 8. The number of hydrogen-bond donors (Lipinski definition) is 1. The number of amides is 1. The van der Waals surface area contributed by atoms with Crippen LogP contribution in [0.1, 0.15) is 40.5 Å². The summed E-state index contributed by atoms with van der Waals surface area (Å²) >= 11 is 0. The molecule has 2 aromatic carbocycles. The predicted octanol–water partition coefficient (Wildman–Crippen LogP) is 4.20. The van der Waals surface area contributed by atoms with Gasteiger partial charge in [0.05, 0.1) is 18.3 Å². The van der Waals surface area contributed by atoms with Gasteiger partial charge < -0.3 is 10.1 Å². The number of anilines is 1. The number of hydrogen-bond acceptors (Lipinski definition) is 6. The molecule has 0 bridgehead atoms. The fourth-order valence-electron chi connectivity index (χ4n) is 3.36. The summed E-state index contributed by atoms with van der Waals surface area (Å²) in [5.74, 6) is -0.595. The highest BCUT2D eigenvalue weighted by Gasteiger charge is 2.22. The van der Waals surface area contributed by atoms with E-state index in [1.165, 1.54) is 10.9 Å². The van der Waals surface area contributed by atoms with Crippen LogP contribution in [0.15, 0.2) is 72.9 Å². The van der Waals surface area contributed by atoms with Gasteiger partial charge in [0.15, 0.2) is 17.4 Å². The number of carbonyl (C=O) groups is 3. The van der Waals surface area contributed by atoms with Crippen LogP contribution in [-0.2, 0) is 9.53 Å². The Balaban J connectivity index is 1.59. The SMILES string of the molecule is CCOC(=O)c1cnn(-c2ccc3ccccc3n2)c1NC(=O)CCC(=O)c1ccccc1. The van der Waals surface area contributed by atoms with Crippen molar-refractivity contribution in [3.05, 3.63) is 84.1 Å². The first-order chi connectivity index (χ1) is 16.1. The third kappa shape index (κ3) is 4.95. The molecule has 0 aliphatic heterocycles. The van der Waals surface area contributed by atoms with E-state index >= 15 is 0 Å². The normalized spacial score (nSPS) is 10.7. The molecule has 0 fully saturated rings. The van der Waals surface area contributed by atoms with E-state index in [2.05, 4.69) is 15.4 Å². The summed E-state index contributed by atoms with van der Waals surface area (Å²) in [6, 6.07) is 20.0. The topological polar surface area (TPSA) is 103 Å². The lowest BCUT2D eigenvalue weighted by atomic mass is 10.1. The number of pyridine rings is 1. The molecule has 166 valence electrons. The van der Waals surface area contributed by atoms with Crippen molar-refractivity contribution in [2.45, 2.75) is 19.8 Å². The number of para-hydroxylation sites is 1. The predicted molar refractivity (Wildman–Crippen MR) is 123 cm³/mol. The van der Waals surface area contributed by atoms with Crippen LogP contribution in [0.5, 0.6) is 0 Å². The Morgan fingerprint density at radius 2 is 1.70 bits per heavy atom. The molecule has 8 nitrogen and oxygen atoms in total. The maximum absolute atomic E-state index is 12.7. The Kier molecular flexibility index (Phi) is 6.54. The molecule has 2 heterocycles. The molecule has 0 radical (unpaired) electrons. The number of ether oxygens (including phenoxy) is 1. The minimum atomic E-state index is -0.611. The number of carbonyl (C=O) groups excluding carboxylic acids is 3. The molecule has 4 aromatic rings. The van der Waals surface area contributed by atoms with E-state index in [1.807, 2.05) is 36.4 Å². The van der Waals surface area contributed by atoms with E-state index < -0.39 is 11.9 Å². The van der Waals surface area contributed by atoms with Crippen molar-refractivity contribution in [1.29, 1.82) is 0 Å². The van der Waals surface area contributed by atoms with Crippen molar-refractivity contribution in [2.75, 3.05) is 11.9 Å². The van der Waals surface area contributed by atoms with Crippen LogP contribution in [0.3, 0.4) is 0 Å². The molecular weight excluding hydrogens is 420 g/mol. The van der Waals surface area contributed by atoms with Crippen molar-refractivity contribution in [3.63, 3.8) is 0 Å². The number of benzene rings is 2. The lowest BCUT2D eigenvalue weighted by molar-refractivity contribution is -0.116. The summed E-state index contributed by atoms with van der Waals surface area (Å²) in [5.41, 5.74) is 1.39. The van der Waals surface area contributed by atoms with Gasteiger partial charge in [-0.05, 0) is 25.1 Å². The Hall–Kier alpha value is -4.33. The van der Waals surface area contributed by atoms with Crippen LogP contribution in [0.2, 0.25) is 0 Å². The number of ketones is 1. The van der Waals surface area contributed by atoms with Crippen LogP contribution in [-0.4, -0.2) is 39.0 Å². The van der Waals surface area contributed by atoms with Gasteiger partial charge in [-0.25, -0.2) is 9.78 Å². The van der Waals surface area contributed by atoms with E-state index in [0.29, 0.717) is 11.4 Å². The molecule has 33 heavy (non-hydrogen) atoms.